The highest BCUT2D eigenvalue weighted by molar-refractivity contribution is 7.92. The van der Waals surface area contributed by atoms with Crippen molar-refractivity contribution in [1.29, 1.82) is 0 Å². The molecule has 0 unspecified atom stereocenters. The molecule has 0 amide bonds. The first-order valence-corrected chi connectivity index (χ1v) is 8.16. The monoisotopic (exact) mass is 306 g/mol. The first-order valence-electron chi connectivity index (χ1n) is 6.51. The minimum absolute atomic E-state index is 0.0371. The van der Waals surface area contributed by atoms with Crippen LogP contribution in [0.25, 0.3) is 0 Å². The van der Waals surface area contributed by atoms with Crippen LogP contribution >= 0.6 is 0 Å². The molecule has 6 heteroatoms. The van der Waals surface area contributed by atoms with Gasteiger partial charge in [-0.3, -0.25) is 4.72 Å². The topological polar surface area (TPSA) is 81.4 Å². The normalized spacial score (nSPS) is 11.1. The number of nitrogens with two attached hydrogens (primary N) is 1. The minimum atomic E-state index is -3.45. The summed E-state index contributed by atoms with van der Waals surface area (Å²) in [5.41, 5.74) is 7.82. The van der Waals surface area contributed by atoms with Gasteiger partial charge in [0.05, 0.1) is 5.69 Å². The van der Waals surface area contributed by atoms with E-state index in [1.54, 1.807) is 36.4 Å². The van der Waals surface area contributed by atoms with Crippen molar-refractivity contribution in [3.05, 3.63) is 54.1 Å². The molecule has 0 heterocycles. The summed E-state index contributed by atoms with van der Waals surface area (Å²) in [7, 11) is -3.45. The summed E-state index contributed by atoms with van der Waals surface area (Å²) < 4.78 is 31.8. The average Bonchev–Trinajstić information content (AvgIpc) is 2.43. The van der Waals surface area contributed by atoms with Gasteiger partial charge in [0.1, 0.15) is 18.1 Å². The summed E-state index contributed by atoms with van der Waals surface area (Å²) in [5.74, 6) is 0.345. The number of nitrogens with one attached hydrogen (secondary N) is 1. The number of aryl methyl sites for hydroxylation is 1. The molecule has 0 saturated carbocycles. The molecule has 0 fully saturated rings. The molecular weight excluding hydrogens is 288 g/mol. The fourth-order valence-corrected chi connectivity index (χ4v) is 2.63. The molecule has 3 N–H and O–H groups in total. The van der Waals surface area contributed by atoms with E-state index >= 15 is 0 Å². The SMILES string of the molecule is Cc1ccc(NS(=O)(=O)CCOc2ccccc2N)cc1. The standard InChI is InChI=1S/C15H18N2O3S/c1-12-6-8-13(9-7-12)17-21(18,19)11-10-20-15-5-3-2-4-14(15)16/h2-9,17H,10-11,16H2,1H3. The van der Waals surface area contributed by atoms with Gasteiger partial charge in [-0.25, -0.2) is 8.42 Å². The number of hydrogen-bond donors (Lipinski definition) is 2. The number of sulfonamides is 1. The second-order valence-electron chi connectivity index (χ2n) is 4.67. The maximum absolute atomic E-state index is 11.9. The molecule has 21 heavy (non-hydrogen) atoms. The predicted octanol–water partition coefficient (Wildman–Crippen LogP) is 2.40. The Bertz CT molecular complexity index is 697. The second kappa shape index (κ2) is 6.49. The summed E-state index contributed by atoms with van der Waals surface area (Å²) in [6.45, 7) is 1.98. The molecule has 5 nitrogen and oxygen atoms in total. The van der Waals surface area contributed by atoms with Gasteiger partial charge in [-0.15, -0.1) is 0 Å². The number of ether oxygens (including phenoxy) is 1. The number of benzene rings is 2. The van der Waals surface area contributed by atoms with Crippen molar-refractivity contribution >= 4 is 21.4 Å². The number of nitrogen functional groups attached to an aromatic ring is 1. The molecule has 2 aromatic carbocycles. The third kappa shape index (κ3) is 4.68. The van der Waals surface area contributed by atoms with Crippen LogP contribution in [0.15, 0.2) is 48.5 Å². The van der Waals surface area contributed by atoms with E-state index in [1.165, 1.54) is 0 Å². The van der Waals surface area contributed by atoms with Crippen molar-refractivity contribution in [1.82, 2.24) is 0 Å². The summed E-state index contributed by atoms with van der Waals surface area (Å²) in [5, 5.41) is 0. The van der Waals surface area contributed by atoms with E-state index in [4.69, 9.17) is 10.5 Å². The molecule has 0 radical (unpaired) electrons. The van der Waals surface area contributed by atoms with Crippen molar-refractivity contribution in [3.8, 4) is 5.75 Å². The van der Waals surface area contributed by atoms with Crippen molar-refractivity contribution in [2.24, 2.45) is 0 Å². The Morgan fingerprint density at radius 2 is 1.76 bits per heavy atom. The fraction of sp³-hybridized carbons (Fsp3) is 0.200. The smallest absolute Gasteiger partial charge is 0.236 e. The first-order chi connectivity index (χ1) is 9.96. The summed E-state index contributed by atoms with van der Waals surface area (Å²) in [6.07, 6.45) is 0. The molecule has 0 aromatic heterocycles. The first kappa shape index (κ1) is 15.2. The summed E-state index contributed by atoms with van der Waals surface area (Å²) in [4.78, 5) is 0. The van der Waals surface area contributed by atoms with E-state index in [0.717, 1.165) is 5.56 Å². The Labute approximate surface area is 124 Å². The molecule has 0 bridgehead atoms. The van der Waals surface area contributed by atoms with E-state index in [0.29, 0.717) is 17.1 Å². The number of para-hydroxylation sites is 2. The van der Waals surface area contributed by atoms with Gasteiger partial charge >= 0.3 is 0 Å². The summed E-state index contributed by atoms with van der Waals surface area (Å²) >= 11 is 0. The van der Waals surface area contributed by atoms with Crippen LogP contribution in [-0.2, 0) is 10.0 Å². The van der Waals surface area contributed by atoms with Crippen LogP contribution < -0.4 is 15.2 Å². The van der Waals surface area contributed by atoms with Crippen molar-refractivity contribution in [2.75, 3.05) is 22.8 Å². The van der Waals surface area contributed by atoms with Crippen LogP contribution in [0.2, 0.25) is 0 Å². The predicted molar refractivity (Wildman–Crippen MR) is 84.9 cm³/mol. The van der Waals surface area contributed by atoms with E-state index in [2.05, 4.69) is 4.72 Å². The maximum Gasteiger partial charge on any atom is 0.236 e. The number of hydrogen-bond acceptors (Lipinski definition) is 4. The lowest BCUT2D eigenvalue weighted by Gasteiger charge is -2.10. The van der Waals surface area contributed by atoms with Gasteiger partial charge < -0.3 is 10.5 Å². The Balaban J connectivity index is 1.90. The molecule has 0 saturated heterocycles. The molecular formula is C15H18N2O3S. The van der Waals surface area contributed by atoms with Crippen molar-refractivity contribution in [3.63, 3.8) is 0 Å². The Morgan fingerprint density at radius 1 is 1.10 bits per heavy atom. The zero-order valence-electron chi connectivity index (χ0n) is 11.7. The lowest BCUT2D eigenvalue weighted by Crippen LogP contribution is -2.21. The third-order valence-corrected chi connectivity index (χ3v) is 4.10. The van der Waals surface area contributed by atoms with E-state index in [1.807, 2.05) is 19.1 Å². The molecule has 2 rings (SSSR count). The van der Waals surface area contributed by atoms with Gasteiger partial charge in [-0.1, -0.05) is 29.8 Å². The highest BCUT2D eigenvalue weighted by Gasteiger charge is 2.11. The summed E-state index contributed by atoms with van der Waals surface area (Å²) in [6, 6.07) is 14.1. The van der Waals surface area contributed by atoms with Gasteiger partial charge in [0.2, 0.25) is 10.0 Å². The lowest BCUT2D eigenvalue weighted by atomic mass is 10.2. The lowest BCUT2D eigenvalue weighted by molar-refractivity contribution is 0.343. The van der Waals surface area contributed by atoms with Gasteiger partial charge in [-0.2, -0.15) is 0 Å². The number of anilines is 2. The zero-order valence-corrected chi connectivity index (χ0v) is 12.6. The Morgan fingerprint density at radius 3 is 2.43 bits per heavy atom. The minimum Gasteiger partial charge on any atom is -0.490 e. The molecule has 112 valence electrons. The van der Waals surface area contributed by atoms with E-state index in [9.17, 15) is 8.42 Å². The fourth-order valence-electron chi connectivity index (χ4n) is 1.73. The number of rotatable bonds is 6. The van der Waals surface area contributed by atoms with Gasteiger partial charge in [0.25, 0.3) is 0 Å². The van der Waals surface area contributed by atoms with E-state index in [-0.39, 0.29) is 12.4 Å². The molecule has 0 aliphatic carbocycles. The highest BCUT2D eigenvalue weighted by atomic mass is 32.2. The average molecular weight is 306 g/mol. The molecule has 0 aliphatic heterocycles. The van der Waals surface area contributed by atoms with E-state index < -0.39 is 10.0 Å². The highest BCUT2D eigenvalue weighted by Crippen LogP contribution is 2.19. The molecule has 2 aromatic rings. The van der Waals surface area contributed by atoms with Crippen LogP contribution in [0, 0.1) is 6.92 Å². The van der Waals surface area contributed by atoms with Gasteiger partial charge in [-0.05, 0) is 31.2 Å². The van der Waals surface area contributed by atoms with Crippen molar-refractivity contribution < 1.29 is 13.2 Å². The molecule has 0 aliphatic rings. The Kier molecular flexibility index (Phi) is 4.70. The van der Waals surface area contributed by atoms with Crippen LogP contribution in [0.5, 0.6) is 5.75 Å². The van der Waals surface area contributed by atoms with Gasteiger partial charge in [0.15, 0.2) is 0 Å². The van der Waals surface area contributed by atoms with Crippen molar-refractivity contribution in [2.45, 2.75) is 6.92 Å². The van der Waals surface area contributed by atoms with Crippen LogP contribution in [0.1, 0.15) is 5.56 Å². The third-order valence-electron chi connectivity index (χ3n) is 2.85. The van der Waals surface area contributed by atoms with Crippen LogP contribution in [0.3, 0.4) is 0 Å². The Hall–Kier alpha value is -2.21. The largest absolute Gasteiger partial charge is 0.490 e. The maximum atomic E-state index is 11.9. The van der Waals surface area contributed by atoms with Crippen LogP contribution in [-0.4, -0.2) is 20.8 Å². The molecule has 0 atom stereocenters. The molecule has 0 spiro atoms. The quantitative estimate of drug-likeness (QED) is 0.803. The van der Waals surface area contributed by atoms with Gasteiger partial charge in [0, 0.05) is 5.69 Å². The van der Waals surface area contributed by atoms with Crippen LogP contribution in [0.4, 0.5) is 11.4 Å². The zero-order chi connectivity index (χ0) is 15.3. The second-order valence-corrected chi connectivity index (χ2v) is 6.52.